The van der Waals surface area contributed by atoms with E-state index in [1.165, 1.54) is 70.1 Å². The minimum atomic E-state index is -0.290. The van der Waals surface area contributed by atoms with Crippen molar-refractivity contribution in [3.05, 3.63) is 42.0 Å². The van der Waals surface area contributed by atoms with Gasteiger partial charge in [0.25, 0.3) is 0 Å². The first-order valence-electron chi connectivity index (χ1n) is 17.5. The molecule has 6 rings (SSSR count). The van der Waals surface area contributed by atoms with Gasteiger partial charge in [-0.15, -0.1) is 0 Å². The Morgan fingerprint density at radius 3 is 2.36 bits per heavy atom. The highest BCUT2D eigenvalue weighted by Gasteiger charge is 2.70. The van der Waals surface area contributed by atoms with Crippen LogP contribution >= 0.6 is 0 Å². The summed E-state index contributed by atoms with van der Waals surface area (Å²) in [7, 11) is 1.52. The van der Waals surface area contributed by atoms with Crippen molar-refractivity contribution in [1.29, 1.82) is 0 Å². The van der Waals surface area contributed by atoms with E-state index >= 15 is 0 Å². The van der Waals surface area contributed by atoms with Crippen LogP contribution in [0.25, 0.3) is 6.08 Å². The molecule has 4 nitrogen and oxygen atoms in total. The zero-order chi connectivity index (χ0) is 31.9. The largest absolute Gasteiger partial charge is 0.504 e. The van der Waals surface area contributed by atoms with Crippen molar-refractivity contribution in [3.8, 4) is 11.5 Å². The number of phenolic OH excluding ortho intramolecular Hbond substituents is 1. The maximum Gasteiger partial charge on any atom is 0.331 e. The molecule has 0 aromatic heterocycles. The predicted octanol–water partition coefficient (Wildman–Crippen LogP) is 10.0. The van der Waals surface area contributed by atoms with E-state index in [0.717, 1.165) is 30.2 Å². The Bertz CT molecular complexity index is 1340. The van der Waals surface area contributed by atoms with Gasteiger partial charge in [-0.05, 0) is 146 Å². The topological polar surface area (TPSA) is 55.8 Å². The Labute approximate surface area is 267 Å². The maximum atomic E-state index is 13.1. The van der Waals surface area contributed by atoms with E-state index in [4.69, 9.17) is 9.47 Å². The molecule has 0 spiro atoms. The first kappa shape index (κ1) is 31.7. The zero-order valence-electron chi connectivity index (χ0n) is 28.8. The van der Waals surface area contributed by atoms with Crippen LogP contribution in [0.2, 0.25) is 0 Å². The van der Waals surface area contributed by atoms with Crippen LogP contribution in [0.4, 0.5) is 0 Å². The number of carbonyl (C=O) groups excluding carboxylic acids is 1. The number of phenols is 1. The average Bonchev–Trinajstić information content (AvgIpc) is 3.32. The predicted molar refractivity (Wildman–Crippen MR) is 178 cm³/mol. The molecule has 5 fully saturated rings. The third kappa shape index (κ3) is 4.54. The Balaban J connectivity index is 1.21. The molecule has 0 heterocycles. The monoisotopic (exact) mass is 602 g/mol. The van der Waals surface area contributed by atoms with Crippen LogP contribution in [0.1, 0.15) is 118 Å². The van der Waals surface area contributed by atoms with Gasteiger partial charge in [0, 0.05) is 11.5 Å². The Morgan fingerprint density at radius 1 is 0.909 bits per heavy atom. The van der Waals surface area contributed by atoms with Crippen molar-refractivity contribution in [3.63, 3.8) is 0 Å². The number of aromatic hydroxyl groups is 1. The van der Waals surface area contributed by atoms with Crippen molar-refractivity contribution < 1.29 is 19.4 Å². The Hall–Kier alpha value is -2.23. The lowest BCUT2D eigenvalue weighted by atomic mass is 9.32. The summed E-state index contributed by atoms with van der Waals surface area (Å²) < 4.78 is 11.5. The van der Waals surface area contributed by atoms with E-state index in [0.29, 0.717) is 39.7 Å². The standard InChI is InChI=1S/C40H58O4/c1-25(2)27-16-19-37(5)22-23-39(7)28(35(27)37)12-14-32-38(6)20-18-33(36(3,4)31(38)17-21-40(32,39)8)44-34(42)15-11-26-10-13-29(41)30(24-26)43-9/h10-11,13,15,24,27-28,31-33,35,41H,1,12,14,16-23H2,2-9H3/b15-11+/t27-,28+,31-,32+,33-,35+,37+,38-,39+,40+/m0/s1. The number of esters is 1. The molecule has 1 N–H and O–H groups in total. The smallest absolute Gasteiger partial charge is 0.331 e. The highest BCUT2D eigenvalue weighted by atomic mass is 16.5. The van der Waals surface area contributed by atoms with E-state index in [1.54, 1.807) is 24.3 Å². The quantitative estimate of drug-likeness (QED) is 0.207. The minimum absolute atomic E-state index is 0.0843. The van der Waals surface area contributed by atoms with E-state index in [9.17, 15) is 9.90 Å². The minimum Gasteiger partial charge on any atom is -0.504 e. The van der Waals surface area contributed by atoms with E-state index in [-0.39, 0.29) is 28.7 Å². The summed E-state index contributed by atoms with van der Waals surface area (Å²) in [5.74, 6) is 3.73. The van der Waals surface area contributed by atoms with Gasteiger partial charge < -0.3 is 14.6 Å². The number of hydrogen-bond acceptors (Lipinski definition) is 4. The summed E-state index contributed by atoms with van der Waals surface area (Å²) in [5.41, 5.74) is 3.61. The van der Waals surface area contributed by atoms with Crippen LogP contribution in [0.3, 0.4) is 0 Å². The van der Waals surface area contributed by atoms with Gasteiger partial charge in [-0.2, -0.15) is 0 Å². The first-order valence-corrected chi connectivity index (χ1v) is 17.5. The molecule has 4 heteroatoms. The van der Waals surface area contributed by atoms with Crippen molar-refractivity contribution in [1.82, 2.24) is 0 Å². The summed E-state index contributed by atoms with van der Waals surface area (Å²) >= 11 is 0. The molecule has 5 aliphatic carbocycles. The van der Waals surface area contributed by atoms with E-state index in [1.807, 2.05) is 0 Å². The molecular weight excluding hydrogens is 544 g/mol. The van der Waals surface area contributed by atoms with Gasteiger partial charge in [-0.3, -0.25) is 0 Å². The maximum absolute atomic E-state index is 13.1. The Morgan fingerprint density at radius 2 is 1.66 bits per heavy atom. The highest BCUT2D eigenvalue weighted by Crippen LogP contribution is 2.77. The number of carbonyl (C=O) groups is 1. The van der Waals surface area contributed by atoms with Crippen LogP contribution in [-0.2, 0) is 9.53 Å². The molecule has 44 heavy (non-hydrogen) atoms. The number of allylic oxidation sites excluding steroid dienone is 1. The number of rotatable bonds is 5. The van der Waals surface area contributed by atoms with Crippen molar-refractivity contribution >= 4 is 12.0 Å². The molecule has 0 amide bonds. The van der Waals surface area contributed by atoms with Crippen LogP contribution in [0.5, 0.6) is 11.5 Å². The van der Waals surface area contributed by atoms with Gasteiger partial charge in [-0.1, -0.05) is 59.8 Å². The third-order valence-corrected chi connectivity index (χ3v) is 15.3. The molecule has 0 radical (unpaired) electrons. The van der Waals surface area contributed by atoms with Crippen LogP contribution in [0.15, 0.2) is 36.4 Å². The number of ether oxygens (including phenoxy) is 2. The number of methoxy groups -OCH3 is 1. The summed E-state index contributed by atoms with van der Waals surface area (Å²) in [6, 6.07) is 5.07. The molecule has 1 aromatic rings. The molecule has 242 valence electrons. The number of benzene rings is 1. The van der Waals surface area contributed by atoms with Gasteiger partial charge in [-0.25, -0.2) is 4.79 Å². The molecular formula is C40H58O4. The molecule has 5 aliphatic rings. The van der Waals surface area contributed by atoms with E-state index in [2.05, 4.69) is 55.0 Å². The molecule has 5 saturated carbocycles. The van der Waals surface area contributed by atoms with Crippen LogP contribution < -0.4 is 4.74 Å². The second kappa shape index (κ2) is 10.7. The fourth-order valence-electron chi connectivity index (χ4n) is 12.8. The lowest BCUT2D eigenvalue weighted by Crippen LogP contribution is -2.66. The zero-order valence-corrected chi connectivity index (χ0v) is 28.8. The molecule has 0 unspecified atom stereocenters. The third-order valence-electron chi connectivity index (χ3n) is 15.3. The van der Waals surface area contributed by atoms with Gasteiger partial charge in [0.1, 0.15) is 6.10 Å². The van der Waals surface area contributed by atoms with E-state index < -0.39 is 0 Å². The van der Waals surface area contributed by atoms with Crippen molar-refractivity contribution in [2.45, 2.75) is 119 Å². The number of fused-ring (bicyclic) bond motifs is 7. The second-order valence-electron chi connectivity index (χ2n) is 17.4. The Kier molecular flexibility index (Phi) is 7.69. The fourth-order valence-corrected chi connectivity index (χ4v) is 12.8. The molecule has 0 saturated heterocycles. The highest BCUT2D eigenvalue weighted by molar-refractivity contribution is 5.87. The summed E-state index contributed by atoms with van der Waals surface area (Å²) in [6.07, 6.45) is 16.0. The SMILES string of the molecule is C=C(C)[C@@H]1CC[C@]2(C)CC[C@]3(C)[C@H](CC[C@@H]4[C@@]5(C)CC[C@H](OC(=O)/C=C/c6ccc(O)c(OC)c6)C(C)(C)[C@@H]5CC[C@]43C)[C@@H]12. The molecule has 0 aliphatic heterocycles. The van der Waals surface area contributed by atoms with Crippen molar-refractivity contribution in [2.75, 3.05) is 7.11 Å². The summed E-state index contributed by atoms with van der Waals surface area (Å²) in [5, 5.41) is 9.89. The van der Waals surface area contributed by atoms with Gasteiger partial charge >= 0.3 is 5.97 Å². The lowest BCUT2D eigenvalue weighted by Gasteiger charge is -2.73. The summed E-state index contributed by atoms with van der Waals surface area (Å²) in [4.78, 5) is 13.1. The number of hydrogen-bond donors (Lipinski definition) is 1. The molecule has 1 aromatic carbocycles. The first-order chi connectivity index (χ1) is 20.6. The van der Waals surface area contributed by atoms with Crippen molar-refractivity contribution in [2.24, 2.45) is 56.7 Å². The molecule has 10 atom stereocenters. The molecule has 0 bridgehead atoms. The average molecular weight is 603 g/mol. The van der Waals surface area contributed by atoms with Gasteiger partial charge in [0.15, 0.2) is 11.5 Å². The fraction of sp³-hybridized carbons (Fsp3) is 0.725. The van der Waals surface area contributed by atoms with Crippen LogP contribution in [0, 0.1) is 56.7 Å². The lowest BCUT2D eigenvalue weighted by molar-refractivity contribution is -0.248. The van der Waals surface area contributed by atoms with Gasteiger partial charge in [0.2, 0.25) is 0 Å². The normalized spacial score (nSPS) is 44.2. The second-order valence-corrected chi connectivity index (χ2v) is 17.4. The summed E-state index contributed by atoms with van der Waals surface area (Å²) in [6.45, 7) is 22.2. The van der Waals surface area contributed by atoms with Gasteiger partial charge in [0.05, 0.1) is 7.11 Å². The van der Waals surface area contributed by atoms with Crippen LogP contribution in [-0.4, -0.2) is 24.3 Å².